The standard InChI is InChI=1S/C15H9ClFO/c1-2-15(18-14-6-4-3-5-7-14)11-8-12(16)10-13(17)9-11/h1,4-10,15H. The third-order valence-corrected chi connectivity index (χ3v) is 2.50. The van der Waals surface area contributed by atoms with Crippen molar-refractivity contribution in [3.8, 4) is 18.1 Å². The summed E-state index contributed by atoms with van der Waals surface area (Å²) in [6.07, 6.45) is 4.72. The van der Waals surface area contributed by atoms with Gasteiger partial charge in [0, 0.05) is 10.6 Å². The zero-order valence-electron chi connectivity index (χ0n) is 9.36. The zero-order chi connectivity index (χ0) is 13.0. The molecule has 3 heteroatoms. The molecule has 18 heavy (non-hydrogen) atoms. The molecule has 1 radical (unpaired) electrons. The van der Waals surface area contributed by atoms with Crippen LogP contribution in [0.3, 0.4) is 0 Å². The Labute approximate surface area is 110 Å². The maximum Gasteiger partial charge on any atom is 0.184 e. The number of halogens is 2. The maximum atomic E-state index is 13.2. The molecular formula is C15H9ClFO. The molecule has 0 aliphatic heterocycles. The smallest absolute Gasteiger partial charge is 0.184 e. The van der Waals surface area contributed by atoms with E-state index in [0.29, 0.717) is 11.3 Å². The topological polar surface area (TPSA) is 9.23 Å². The van der Waals surface area contributed by atoms with Crippen LogP contribution in [0.15, 0.2) is 42.5 Å². The van der Waals surface area contributed by atoms with Gasteiger partial charge in [-0.15, -0.1) is 6.42 Å². The van der Waals surface area contributed by atoms with Gasteiger partial charge in [-0.1, -0.05) is 29.7 Å². The fourth-order valence-electron chi connectivity index (χ4n) is 1.51. The first kappa shape index (κ1) is 12.5. The van der Waals surface area contributed by atoms with E-state index in [2.05, 4.69) is 12.0 Å². The van der Waals surface area contributed by atoms with Crippen molar-refractivity contribution in [2.24, 2.45) is 0 Å². The van der Waals surface area contributed by atoms with Crippen LogP contribution in [0.1, 0.15) is 11.7 Å². The molecule has 89 valence electrons. The second-order valence-corrected chi connectivity index (χ2v) is 4.04. The molecular weight excluding hydrogens is 251 g/mol. The first-order valence-electron chi connectivity index (χ1n) is 5.24. The summed E-state index contributed by atoms with van der Waals surface area (Å²) in [5.41, 5.74) is 0.510. The molecule has 1 nitrogen and oxygen atoms in total. The van der Waals surface area contributed by atoms with E-state index in [1.54, 1.807) is 30.3 Å². The molecule has 0 amide bonds. The van der Waals surface area contributed by atoms with Crippen LogP contribution in [0.5, 0.6) is 5.75 Å². The third-order valence-electron chi connectivity index (χ3n) is 2.28. The Bertz CT molecular complexity index is 555. The van der Waals surface area contributed by atoms with Crippen LogP contribution in [0.2, 0.25) is 5.02 Å². The van der Waals surface area contributed by atoms with E-state index in [9.17, 15) is 4.39 Å². The molecule has 0 spiro atoms. The molecule has 0 aliphatic carbocycles. The predicted octanol–water partition coefficient (Wildman–Crippen LogP) is 4.03. The molecule has 0 aromatic heterocycles. The number of benzene rings is 2. The average molecular weight is 260 g/mol. The summed E-state index contributed by atoms with van der Waals surface area (Å²) in [6.45, 7) is 0. The maximum absolute atomic E-state index is 13.2. The van der Waals surface area contributed by atoms with Crippen molar-refractivity contribution in [1.29, 1.82) is 0 Å². The Morgan fingerprint density at radius 1 is 1.28 bits per heavy atom. The Morgan fingerprint density at radius 3 is 2.61 bits per heavy atom. The van der Waals surface area contributed by atoms with E-state index in [1.807, 2.05) is 0 Å². The fraction of sp³-hybridized carbons (Fsp3) is 0.0667. The highest BCUT2D eigenvalue weighted by molar-refractivity contribution is 6.30. The summed E-state index contributed by atoms with van der Waals surface area (Å²) in [4.78, 5) is 0. The monoisotopic (exact) mass is 259 g/mol. The minimum absolute atomic E-state index is 0.287. The Kier molecular flexibility index (Phi) is 3.86. The van der Waals surface area contributed by atoms with Crippen LogP contribution in [0.25, 0.3) is 0 Å². The lowest BCUT2D eigenvalue weighted by Gasteiger charge is -2.14. The molecule has 0 bridgehead atoms. The molecule has 0 saturated heterocycles. The first-order chi connectivity index (χ1) is 8.69. The van der Waals surface area contributed by atoms with Crippen molar-refractivity contribution in [3.63, 3.8) is 0 Å². The minimum Gasteiger partial charge on any atom is -0.473 e. The second-order valence-electron chi connectivity index (χ2n) is 3.60. The molecule has 2 aromatic carbocycles. The molecule has 0 aliphatic rings. The summed E-state index contributed by atoms with van der Waals surface area (Å²) >= 11 is 5.79. The lowest BCUT2D eigenvalue weighted by atomic mass is 10.1. The van der Waals surface area contributed by atoms with Gasteiger partial charge in [-0.2, -0.15) is 0 Å². The summed E-state index contributed by atoms with van der Waals surface area (Å²) in [5.74, 6) is 2.62. The number of rotatable bonds is 3. The molecule has 2 aromatic rings. The van der Waals surface area contributed by atoms with Crippen LogP contribution in [-0.4, -0.2) is 0 Å². The zero-order valence-corrected chi connectivity index (χ0v) is 10.1. The van der Waals surface area contributed by atoms with Crippen LogP contribution in [0, 0.1) is 24.2 Å². The van der Waals surface area contributed by atoms with Crippen LogP contribution in [-0.2, 0) is 0 Å². The lowest BCUT2D eigenvalue weighted by Crippen LogP contribution is -2.05. The van der Waals surface area contributed by atoms with Gasteiger partial charge < -0.3 is 4.74 Å². The van der Waals surface area contributed by atoms with Crippen LogP contribution >= 0.6 is 11.6 Å². The van der Waals surface area contributed by atoms with E-state index < -0.39 is 11.9 Å². The number of terminal acetylenes is 1. The Hall–Kier alpha value is -1.98. The van der Waals surface area contributed by atoms with Crippen molar-refractivity contribution in [2.75, 3.05) is 0 Å². The normalized spacial score (nSPS) is 11.6. The predicted molar refractivity (Wildman–Crippen MR) is 68.9 cm³/mol. The largest absolute Gasteiger partial charge is 0.473 e. The van der Waals surface area contributed by atoms with Gasteiger partial charge >= 0.3 is 0 Å². The van der Waals surface area contributed by atoms with E-state index in [0.717, 1.165) is 0 Å². The van der Waals surface area contributed by atoms with Gasteiger partial charge in [-0.25, -0.2) is 4.39 Å². The first-order valence-corrected chi connectivity index (χ1v) is 5.62. The molecule has 0 fully saturated rings. The van der Waals surface area contributed by atoms with E-state index in [-0.39, 0.29) is 5.02 Å². The van der Waals surface area contributed by atoms with Crippen molar-refractivity contribution in [1.82, 2.24) is 0 Å². The molecule has 0 N–H and O–H groups in total. The highest BCUT2D eigenvalue weighted by atomic mass is 35.5. The van der Waals surface area contributed by atoms with E-state index in [4.69, 9.17) is 22.8 Å². The summed E-state index contributed by atoms with van der Waals surface area (Å²) < 4.78 is 18.8. The second kappa shape index (κ2) is 5.57. The van der Waals surface area contributed by atoms with Crippen molar-refractivity contribution in [2.45, 2.75) is 6.10 Å². The van der Waals surface area contributed by atoms with Gasteiger partial charge in [-0.05, 0) is 36.4 Å². The summed E-state index contributed by atoms with van der Waals surface area (Å²) in [5, 5.41) is 0.287. The molecule has 1 atom stereocenters. The van der Waals surface area contributed by atoms with Crippen LogP contribution < -0.4 is 4.74 Å². The summed E-state index contributed by atoms with van der Waals surface area (Å²) in [7, 11) is 0. The molecule has 1 unspecified atom stereocenters. The summed E-state index contributed by atoms with van der Waals surface area (Å²) in [6, 6.07) is 13.9. The molecule has 2 rings (SSSR count). The average Bonchev–Trinajstić information content (AvgIpc) is 2.36. The lowest BCUT2D eigenvalue weighted by molar-refractivity contribution is 0.264. The van der Waals surface area contributed by atoms with Gasteiger partial charge in [0.15, 0.2) is 6.10 Å². The third kappa shape index (κ3) is 3.03. The minimum atomic E-state index is -0.680. The Morgan fingerprint density at radius 2 is 2.00 bits per heavy atom. The van der Waals surface area contributed by atoms with E-state index >= 15 is 0 Å². The number of hydrogen-bond acceptors (Lipinski definition) is 1. The van der Waals surface area contributed by atoms with Gasteiger partial charge in [0.2, 0.25) is 0 Å². The Balaban J connectivity index is 2.26. The fourth-order valence-corrected chi connectivity index (χ4v) is 1.74. The number of hydrogen-bond donors (Lipinski definition) is 0. The number of ether oxygens (including phenoxy) is 1. The van der Waals surface area contributed by atoms with Gasteiger partial charge in [0.05, 0.1) is 0 Å². The van der Waals surface area contributed by atoms with Crippen molar-refractivity contribution >= 4 is 11.6 Å². The van der Waals surface area contributed by atoms with Gasteiger partial charge in [0.25, 0.3) is 0 Å². The van der Waals surface area contributed by atoms with Gasteiger partial charge in [0.1, 0.15) is 11.6 Å². The van der Waals surface area contributed by atoms with E-state index in [1.165, 1.54) is 12.1 Å². The quantitative estimate of drug-likeness (QED) is 0.756. The van der Waals surface area contributed by atoms with Gasteiger partial charge in [-0.3, -0.25) is 0 Å². The van der Waals surface area contributed by atoms with Crippen LogP contribution in [0.4, 0.5) is 4.39 Å². The molecule has 0 saturated carbocycles. The molecule has 0 heterocycles. The van der Waals surface area contributed by atoms with Crippen molar-refractivity contribution < 1.29 is 9.13 Å². The SMILES string of the molecule is C#CC(Oc1cc[c]cc1)c1cc(F)cc(Cl)c1. The highest BCUT2D eigenvalue weighted by Gasteiger charge is 2.12. The highest BCUT2D eigenvalue weighted by Crippen LogP contribution is 2.24. The van der Waals surface area contributed by atoms with Crippen molar-refractivity contribution in [3.05, 3.63) is 64.9 Å².